The zero-order valence-corrected chi connectivity index (χ0v) is 8.44. The molecular formula is C8H15NO5. The minimum atomic E-state index is -1.05. The topological polar surface area (TPSA) is 84.9 Å². The molecule has 14 heavy (non-hydrogen) atoms. The van der Waals surface area contributed by atoms with Crippen molar-refractivity contribution in [2.24, 2.45) is 0 Å². The Morgan fingerprint density at radius 1 is 1.43 bits per heavy atom. The highest BCUT2D eigenvalue weighted by atomic mass is 16.5. The van der Waals surface area contributed by atoms with E-state index in [1.807, 2.05) is 0 Å². The molecule has 0 bridgehead atoms. The van der Waals surface area contributed by atoms with E-state index in [0.717, 1.165) is 0 Å². The summed E-state index contributed by atoms with van der Waals surface area (Å²) in [7, 11) is 2.54. The van der Waals surface area contributed by atoms with Crippen molar-refractivity contribution in [1.29, 1.82) is 0 Å². The molecule has 0 rings (SSSR count). The number of carbonyl (C=O) groups excluding carboxylic acids is 2. The maximum atomic E-state index is 11.1. The van der Waals surface area contributed by atoms with Crippen molar-refractivity contribution in [3.05, 3.63) is 0 Å². The zero-order valence-electron chi connectivity index (χ0n) is 8.44. The lowest BCUT2D eigenvalue weighted by molar-refractivity contribution is -0.148. The van der Waals surface area contributed by atoms with Crippen molar-refractivity contribution in [1.82, 2.24) is 5.32 Å². The fraction of sp³-hybridized carbons (Fsp3) is 0.750. The molecule has 0 spiro atoms. The summed E-state index contributed by atoms with van der Waals surface area (Å²) in [5, 5.41) is 11.5. The van der Waals surface area contributed by atoms with Gasteiger partial charge in [-0.25, -0.2) is 4.79 Å². The first-order valence-electron chi connectivity index (χ1n) is 4.07. The average molecular weight is 205 g/mol. The highest BCUT2D eigenvalue weighted by Gasteiger charge is 2.25. The molecule has 0 saturated heterocycles. The van der Waals surface area contributed by atoms with Crippen LogP contribution in [-0.2, 0) is 19.1 Å². The Bertz CT molecular complexity index is 204. The molecule has 0 aromatic heterocycles. The predicted molar refractivity (Wildman–Crippen MR) is 47.5 cm³/mol. The quantitative estimate of drug-likeness (QED) is 0.543. The molecule has 0 aromatic rings. The van der Waals surface area contributed by atoms with Gasteiger partial charge in [0.05, 0.1) is 13.2 Å². The maximum Gasteiger partial charge on any atom is 0.331 e. The van der Waals surface area contributed by atoms with Crippen LogP contribution in [0.3, 0.4) is 0 Å². The van der Waals surface area contributed by atoms with Crippen LogP contribution >= 0.6 is 0 Å². The summed E-state index contributed by atoms with van der Waals surface area (Å²) in [6.45, 7) is 1.22. The molecule has 2 atom stereocenters. The molecule has 0 saturated carbocycles. The fourth-order valence-electron chi connectivity index (χ4n) is 0.850. The van der Waals surface area contributed by atoms with Gasteiger partial charge in [-0.2, -0.15) is 0 Å². The predicted octanol–water partition coefficient (Wildman–Crippen LogP) is -1.33. The number of ether oxygens (including phenoxy) is 2. The summed E-state index contributed by atoms with van der Waals surface area (Å²) < 4.78 is 8.95. The largest absolute Gasteiger partial charge is 0.467 e. The normalized spacial score (nSPS) is 14.3. The number of nitrogens with one attached hydrogen (secondary N) is 1. The standard InChI is InChI=1S/C8H15NO5/c1-5(10)7(8(12)14-3)9-6(11)4-13-2/h5,7,10H,4H2,1-3H3,(H,9,11)/t5-,7+/m1/s1. The third-order valence-electron chi connectivity index (χ3n) is 1.53. The molecule has 0 aliphatic rings. The summed E-state index contributed by atoms with van der Waals surface area (Å²) in [5.41, 5.74) is 0. The van der Waals surface area contributed by atoms with Gasteiger partial charge >= 0.3 is 5.97 Å². The third kappa shape index (κ3) is 4.20. The van der Waals surface area contributed by atoms with Gasteiger partial charge in [0.15, 0.2) is 6.04 Å². The lowest BCUT2D eigenvalue weighted by atomic mass is 10.2. The molecule has 0 radical (unpaired) electrons. The molecule has 0 heterocycles. The summed E-state index contributed by atoms with van der Waals surface area (Å²) in [6.07, 6.45) is -1.01. The van der Waals surface area contributed by atoms with E-state index in [2.05, 4.69) is 14.8 Å². The molecule has 0 unspecified atom stereocenters. The number of carbonyl (C=O) groups is 2. The van der Waals surface area contributed by atoms with Crippen molar-refractivity contribution in [2.45, 2.75) is 19.1 Å². The number of aliphatic hydroxyl groups is 1. The number of rotatable bonds is 5. The minimum absolute atomic E-state index is 0.166. The summed E-state index contributed by atoms with van der Waals surface area (Å²) in [6, 6.07) is -1.05. The highest BCUT2D eigenvalue weighted by molar-refractivity contribution is 5.85. The van der Waals surface area contributed by atoms with Crippen LogP contribution in [0.1, 0.15) is 6.92 Å². The second kappa shape index (κ2) is 6.33. The van der Waals surface area contributed by atoms with Crippen molar-refractivity contribution in [3.8, 4) is 0 Å². The first kappa shape index (κ1) is 12.9. The van der Waals surface area contributed by atoms with E-state index in [0.29, 0.717) is 0 Å². The smallest absolute Gasteiger partial charge is 0.331 e. The van der Waals surface area contributed by atoms with Crippen molar-refractivity contribution in [2.75, 3.05) is 20.8 Å². The zero-order chi connectivity index (χ0) is 11.1. The number of methoxy groups -OCH3 is 2. The van der Waals surface area contributed by atoms with E-state index in [-0.39, 0.29) is 6.61 Å². The van der Waals surface area contributed by atoms with E-state index >= 15 is 0 Å². The van der Waals surface area contributed by atoms with Crippen LogP contribution < -0.4 is 5.32 Å². The summed E-state index contributed by atoms with van der Waals surface area (Å²) in [4.78, 5) is 22.1. The maximum absolute atomic E-state index is 11.1. The third-order valence-corrected chi connectivity index (χ3v) is 1.53. The minimum Gasteiger partial charge on any atom is -0.467 e. The molecule has 0 aliphatic heterocycles. The van der Waals surface area contributed by atoms with Crippen LogP contribution in [0.15, 0.2) is 0 Å². The molecule has 6 nitrogen and oxygen atoms in total. The number of hydrogen-bond acceptors (Lipinski definition) is 5. The summed E-state index contributed by atoms with van der Waals surface area (Å²) >= 11 is 0. The monoisotopic (exact) mass is 205 g/mol. The van der Waals surface area contributed by atoms with Gasteiger partial charge in [-0.15, -0.1) is 0 Å². The number of amides is 1. The van der Waals surface area contributed by atoms with Gasteiger partial charge in [0.2, 0.25) is 5.91 Å². The van der Waals surface area contributed by atoms with Crippen LogP contribution in [0, 0.1) is 0 Å². The van der Waals surface area contributed by atoms with E-state index in [4.69, 9.17) is 0 Å². The van der Waals surface area contributed by atoms with Crippen LogP contribution in [-0.4, -0.2) is 50.0 Å². The van der Waals surface area contributed by atoms with E-state index < -0.39 is 24.0 Å². The van der Waals surface area contributed by atoms with Crippen molar-refractivity contribution in [3.63, 3.8) is 0 Å². The Labute approximate surface area is 82.2 Å². The van der Waals surface area contributed by atoms with Crippen LogP contribution in [0.25, 0.3) is 0 Å². The molecule has 0 aromatic carbocycles. The van der Waals surface area contributed by atoms with Crippen molar-refractivity contribution < 1.29 is 24.2 Å². The summed E-state index contributed by atoms with van der Waals surface area (Å²) in [5.74, 6) is -1.17. The Morgan fingerprint density at radius 3 is 2.36 bits per heavy atom. The van der Waals surface area contributed by atoms with Gasteiger partial charge in [0.1, 0.15) is 6.61 Å². The number of hydrogen-bond donors (Lipinski definition) is 2. The Kier molecular flexibility index (Phi) is 5.82. The Morgan fingerprint density at radius 2 is 2.00 bits per heavy atom. The van der Waals surface area contributed by atoms with E-state index in [1.54, 1.807) is 0 Å². The molecule has 2 N–H and O–H groups in total. The van der Waals surface area contributed by atoms with Crippen LogP contribution in [0.5, 0.6) is 0 Å². The lowest BCUT2D eigenvalue weighted by Crippen LogP contribution is -2.49. The number of aliphatic hydroxyl groups excluding tert-OH is 1. The Hall–Kier alpha value is -1.14. The SMILES string of the molecule is COCC(=O)N[C@H](C(=O)OC)[C@@H](C)O. The van der Waals surface area contributed by atoms with Gasteiger partial charge in [0, 0.05) is 7.11 Å². The number of esters is 1. The first-order valence-corrected chi connectivity index (χ1v) is 4.07. The van der Waals surface area contributed by atoms with Gasteiger partial charge in [-0.1, -0.05) is 0 Å². The van der Waals surface area contributed by atoms with Gasteiger partial charge in [-0.3, -0.25) is 4.79 Å². The van der Waals surface area contributed by atoms with E-state index in [1.165, 1.54) is 21.1 Å². The first-order chi connectivity index (χ1) is 6.52. The second-order valence-electron chi connectivity index (χ2n) is 2.74. The van der Waals surface area contributed by atoms with Crippen LogP contribution in [0.2, 0.25) is 0 Å². The van der Waals surface area contributed by atoms with Gasteiger partial charge in [0.25, 0.3) is 0 Å². The molecule has 6 heteroatoms. The molecule has 0 aliphatic carbocycles. The van der Waals surface area contributed by atoms with Crippen LogP contribution in [0.4, 0.5) is 0 Å². The van der Waals surface area contributed by atoms with Gasteiger partial charge in [-0.05, 0) is 6.92 Å². The average Bonchev–Trinajstić information content (AvgIpc) is 2.13. The van der Waals surface area contributed by atoms with E-state index in [9.17, 15) is 14.7 Å². The molecular weight excluding hydrogens is 190 g/mol. The molecule has 0 fully saturated rings. The fourth-order valence-corrected chi connectivity index (χ4v) is 0.850. The Balaban J connectivity index is 4.23. The van der Waals surface area contributed by atoms with Crippen molar-refractivity contribution >= 4 is 11.9 Å². The van der Waals surface area contributed by atoms with Gasteiger partial charge < -0.3 is 19.9 Å². The highest BCUT2D eigenvalue weighted by Crippen LogP contribution is 1.95. The molecule has 1 amide bonds. The lowest BCUT2D eigenvalue weighted by Gasteiger charge is -2.18. The molecule has 82 valence electrons. The second-order valence-corrected chi connectivity index (χ2v) is 2.74.